The maximum Gasteiger partial charge on any atom is 0.146 e. The molecule has 0 bridgehead atoms. The zero-order chi connectivity index (χ0) is 11.4. The van der Waals surface area contributed by atoms with E-state index in [-0.39, 0.29) is 6.04 Å². The maximum absolute atomic E-state index is 11.0. The molecule has 1 rings (SSSR count). The molecule has 1 aromatic rings. The van der Waals surface area contributed by atoms with Crippen LogP contribution in [0.1, 0.15) is 6.92 Å². The van der Waals surface area contributed by atoms with Crippen molar-refractivity contribution in [3.63, 3.8) is 0 Å². The van der Waals surface area contributed by atoms with Gasteiger partial charge in [0.1, 0.15) is 22.4 Å². The van der Waals surface area contributed by atoms with Crippen LogP contribution in [-0.4, -0.2) is 32.2 Å². The maximum atomic E-state index is 11.0. The van der Waals surface area contributed by atoms with E-state index in [0.717, 1.165) is 0 Å². The lowest BCUT2D eigenvalue weighted by Crippen LogP contribution is -2.23. The van der Waals surface area contributed by atoms with Gasteiger partial charge in [-0.3, -0.25) is 4.21 Å². The zero-order valence-corrected chi connectivity index (χ0v) is 10.9. The van der Waals surface area contributed by atoms with Gasteiger partial charge in [-0.1, -0.05) is 0 Å². The number of hydrogen-bond donors (Lipinski definition) is 2. The summed E-state index contributed by atoms with van der Waals surface area (Å²) in [4.78, 5) is 7.87. The highest BCUT2D eigenvalue weighted by atomic mass is 79.9. The van der Waals surface area contributed by atoms with Crippen molar-refractivity contribution in [2.75, 3.05) is 23.1 Å². The Morgan fingerprint density at radius 2 is 2.33 bits per heavy atom. The van der Waals surface area contributed by atoms with E-state index in [1.807, 2.05) is 6.92 Å². The van der Waals surface area contributed by atoms with E-state index in [1.54, 1.807) is 6.26 Å². The summed E-state index contributed by atoms with van der Waals surface area (Å²) in [5.41, 5.74) is 5.60. The van der Waals surface area contributed by atoms with E-state index in [4.69, 9.17) is 5.73 Å². The molecular formula is C8H13BrN4OS. The fraction of sp³-hybridized carbons (Fsp3) is 0.500. The summed E-state index contributed by atoms with van der Waals surface area (Å²) in [6, 6.07) is 0.0708. The first-order valence-electron chi connectivity index (χ1n) is 4.33. The first-order valence-corrected chi connectivity index (χ1v) is 6.85. The molecule has 1 heterocycles. The number of nitrogen functional groups attached to an aromatic ring is 1. The Hall–Kier alpha value is -0.690. The number of nitrogens with two attached hydrogens (primary N) is 1. The molecule has 0 radical (unpaired) electrons. The quantitative estimate of drug-likeness (QED) is 0.865. The van der Waals surface area contributed by atoms with Crippen LogP contribution < -0.4 is 11.1 Å². The van der Waals surface area contributed by atoms with Gasteiger partial charge in [0, 0.05) is 28.9 Å². The molecule has 0 fully saturated rings. The van der Waals surface area contributed by atoms with Crippen molar-refractivity contribution in [1.29, 1.82) is 0 Å². The van der Waals surface area contributed by atoms with Gasteiger partial charge >= 0.3 is 0 Å². The lowest BCUT2D eigenvalue weighted by atomic mass is 10.4. The van der Waals surface area contributed by atoms with Gasteiger partial charge in [-0.05, 0) is 22.9 Å². The summed E-state index contributed by atoms with van der Waals surface area (Å²) in [5, 5.41) is 3.11. The summed E-state index contributed by atoms with van der Waals surface area (Å²) in [7, 11) is -0.834. The molecule has 1 aromatic heterocycles. The standard InChI is InChI=1S/C8H13BrN4OS/c1-5(3-15(2)14)13-8-6(9)7(10)11-4-12-8/h4-5H,3H2,1-2H3,(H3,10,11,12,13). The fourth-order valence-electron chi connectivity index (χ4n) is 1.11. The molecule has 2 unspecified atom stereocenters. The van der Waals surface area contributed by atoms with Crippen molar-refractivity contribution < 1.29 is 4.21 Å². The summed E-state index contributed by atoms with van der Waals surface area (Å²) in [6.07, 6.45) is 3.06. The van der Waals surface area contributed by atoms with Gasteiger partial charge in [-0.25, -0.2) is 9.97 Å². The van der Waals surface area contributed by atoms with E-state index in [9.17, 15) is 4.21 Å². The highest BCUT2D eigenvalue weighted by molar-refractivity contribution is 9.10. The molecule has 0 spiro atoms. The third-order valence-electron chi connectivity index (χ3n) is 1.68. The van der Waals surface area contributed by atoms with Gasteiger partial charge in [0.05, 0.1) is 0 Å². The second-order valence-electron chi connectivity index (χ2n) is 3.21. The van der Waals surface area contributed by atoms with Crippen LogP contribution in [0.5, 0.6) is 0 Å². The predicted octanol–water partition coefficient (Wildman–Crippen LogP) is 1.00. The summed E-state index contributed by atoms with van der Waals surface area (Å²) in [5.74, 6) is 1.58. The van der Waals surface area contributed by atoms with Gasteiger partial charge in [0.2, 0.25) is 0 Å². The molecule has 0 aliphatic carbocycles. The number of hydrogen-bond acceptors (Lipinski definition) is 5. The molecule has 2 atom stereocenters. The third kappa shape index (κ3) is 3.75. The van der Waals surface area contributed by atoms with Crippen molar-refractivity contribution >= 4 is 38.4 Å². The van der Waals surface area contributed by atoms with Gasteiger partial charge in [-0.2, -0.15) is 0 Å². The van der Waals surface area contributed by atoms with Crippen LogP contribution in [0.2, 0.25) is 0 Å². The Labute approximate surface area is 99.5 Å². The topological polar surface area (TPSA) is 80.9 Å². The molecule has 0 aliphatic rings. The highest BCUT2D eigenvalue weighted by Crippen LogP contribution is 2.24. The lowest BCUT2D eigenvalue weighted by molar-refractivity contribution is 0.683. The molecule has 15 heavy (non-hydrogen) atoms. The van der Waals surface area contributed by atoms with Crippen molar-refractivity contribution in [1.82, 2.24) is 9.97 Å². The average Bonchev–Trinajstić information content (AvgIpc) is 2.11. The van der Waals surface area contributed by atoms with Gasteiger partial charge in [0.15, 0.2) is 0 Å². The number of halogens is 1. The minimum Gasteiger partial charge on any atom is -0.383 e. The molecule has 5 nitrogen and oxygen atoms in total. The number of aromatic nitrogens is 2. The molecule has 0 aromatic carbocycles. The first-order chi connectivity index (χ1) is 7.00. The summed E-state index contributed by atoms with van der Waals surface area (Å²) in [6.45, 7) is 1.94. The van der Waals surface area contributed by atoms with Crippen LogP contribution in [0.3, 0.4) is 0 Å². The van der Waals surface area contributed by atoms with E-state index in [1.165, 1.54) is 6.33 Å². The van der Waals surface area contributed by atoms with Crippen molar-refractivity contribution in [2.45, 2.75) is 13.0 Å². The SMILES string of the molecule is CC(CS(C)=O)Nc1ncnc(N)c1Br. The number of anilines is 2. The number of nitrogens with zero attached hydrogens (tertiary/aromatic N) is 2. The Morgan fingerprint density at radius 3 is 2.93 bits per heavy atom. The highest BCUT2D eigenvalue weighted by Gasteiger charge is 2.09. The minimum absolute atomic E-state index is 0.0708. The Morgan fingerprint density at radius 1 is 1.67 bits per heavy atom. The van der Waals surface area contributed by atoms with Gasteiger partial charge < -0.3 is 11.1 Å². The molecular weight excluding hydrogens is 280 g/mol. The van der Waals surface area contributed by atoms with Crippen LogP contribution >= 0.6 is 15.9 Å². The van der Waals surface area contributed by atoms with Gasteiger partial charge in [0.25, 0.3) is 0 Å². The van der Waals surface area contributed by atoms with E-state index in [2.05, 4.69) is 31.2 Å². The van der Waals surface area contributed by atoms with Crippen molar-refractivity contribution in [2.24, 2.45) is 0 Å². The van der Waals surface area contributed by atoms with Crippen LogP contribution in [-0.2, 0) is 10.8 Å². The summed E-state index contributed by atoms with van der Waals surface area (Å²) >= 11 is 3.29. The van der Waals surface area contributed by atoms with Crippen LogP contribution in [0.4, 0.5) is 11.6 Å². The smallest absolute Gasteiger partial charge is 0.146 e. The summed E-state index contributed by atoms with van der Waals surface area (Å²) < 4.78 is 11.6. The van der Waals surface area contributed by atoms with Gasteiger partial charge in [-0.15, -0.1) is 0 Å². The minimum atomic E-state index is -0.834. The largest absolute Gasteiger partial charge is 0.383 e. The Kier molecular flexibility index (Phi) is 4.46. The molecule has 7 heteroatoms. The van der Waals surface area contributed by atoms with Crippen molar-refractivity contribution in [3.8, 4) is 0 Å². The molecule has 0 amide bonds. The Bertz CT molecular complexity index is 374. The van der Waals surface area contributed by atoms with E-state index in [0.29, 0.717) is 21.9 Å². The normalized spacial score (nSPS) is 14.6. The number of nitrogens with one attached hydrogen (secondary N) is 1. The Balaban J connectivity index is 2.72. The van der Waals surface area contributed by atoms with E-state index >= 15 is 0 Å². The second kappa shape index (κ2) is 5.41. The molecule has 84 valence electrons. The molecule has 0 saturated carbocycles. The lowest BCUT2D eigenvalue weighted by Gasteiger charge is -2.14. The van der Waals surface area contributed by atoms with E-state index < -0.39 is 10.8 Å². The molecule has 3 N–H and O–H groups in total. The fourth-order valence-corrected chi connectivity index (χ4v) is 2.22. The first kappa shape index (κ1) is 12.4. The predicted molar refractivity (Wildman–Crippen MR) is 66.2 cm³/mol. The zero-order valence-electron chi connectivity index (χ0n) is 8.53. The van der Waals surface area contributed by atoms with Crippen LogP contribution in [0, 0.1) is 0 Å². The monoisotopic (exact) mass is 292 g/mol. The van der Waals surface area contributed by atoms with Crippen LogP contribution in [0.15, 0.2) is 10.8 Å². The average molecular weight is 293 g/mol. The second-order valence-corrected chi connectivity index (χ2v) is 5.48. The van der Waals surface area contributed by atoms with Crippen LogP contribution in [0.25, 0.3) is 0 Å². The number of rotatable bonds is 4. The molecule has 0 aliphatic heterocycles. The third-order valence-corrected chi connectivity index (χ3v) is 3.44. The molecule has 0 saturated heterocycles. The van der Waals surface area contributed by atoms with Crippen molar-refractivity contribution in [3.05, 3.63) is 10.8 Å².